The molecule has 1 saturated carbocycles. The summed E-state index contributed by atoms with van der Waals surface area (Å²) < 4.78 is 40.5. The van der Waals surface area contributed by atoms with E-state index in [0.29, 0.717) is 44.5 Å². The molecule has 188 valence electrons. The van der Waals surface area contributed by atoms with Gasteiger partial charge in [0.1, 0.15) is 0 Å². The van der Waals surface area contributed by atoms with Crippen molar-refractivity contribution in [1.82, 2.24) is 24.6 Å². The topological polar surface area (TPSA) is 107 Å². The molecule has 2 aromatic heterocycles. The molecule has 2 aliphatic rings. The third-order valence-corrected chi connectivity index (χ3v) is 7.27. The van der Waals surface area contributed by atoms with Gasteiger partial charge in [-0.15, -0.1) is 0 Å². The molecule has 0 spiro atoms. The number of carbonyl (C=O) groups excluding carboxylic acids is 1. The first kappa shape index (κ1) is 23.7. The van der Waals surface area contributed by atoms with Gasteiger partial charge in [-0.2, -0.15) is 17.9 Å². The lowest BCUT2D eigenvalue weighted by Crippen LogP contribution is -2.57. The van der Waals surface area contributed by atoms with Gasteiger partial charge in [-0.1, -0.05) is 12.1 Å². The van der Waals surface area contributed by atoms with Crippen molar-refractivity contribution in [2.45, 2.75) is 63.1 Å². The van der Waals surface area contributed by atoms with Gasteiger partial charge < -0.3 is 15.0 Å². The minimum Gasteiger partial charge on any atom is -0.373 e. The maximum Gasteiger partial charge on any atom is 0.426 e. The first-order valence-electron chi connectivity index (χ1n) is 11.9. The van der Waals surface area contributed by atoms with Crippen molar-refractivity contribution in [3.05, 3.63) is 45.9 Å². The second kappa shape index (κ2) is 8.54. The molecule has 1 aliphatic carbocycles. The second-order valence-electron chi connectivity index (χ2n) is 9.84. The number of piperidine rings is 1. The number of benzene rings is 1. The van der Waals surface area contributed by atoms with Gasteiger partial charge in [0.15, 0.2) is 0 Å². The molecule has 3 aromatic rings. The Labute approximate surface area is 199 Å². The quantitative estimate of drug-likeness (QED) is 0.491. The van der Waals surface area contributed by atoms with E-state index in [-0.39, 0.29) is 24.6 Å². The summed E-state index contributed by atoms with van der Waals surface area (Å²) in [6, 6.07) is 7.55. The first-order valence-corrected chi connectivity index (χ1v) is 11.9. The number of likely N-dealkylation sites (tertiary alicyclic amines) is 1. The highest BCUT2D eigenvalue weighted by atomic mass is 19.4. The molecule has 0 bridgehead atoms. The Morgan fingerprint density at radius 2 is 1.86 bits per heavy atom. The third kappa shape index (κ3) is 4.37. The summed E-state index contributed by atoms with van der Waals surface area (Å²) in [6.07, 6.45) is -0.674. The molecule has 8 nitrogen and oxygen atoms in total. The number of rotatable bonds is 6. The fourth-order valence-corrected chi connectivity index (χ4v) is 4.84. The summed E-state index contributed by atoms with van der Waals surface area (Å²) in [6.45, 7) is 0.808. The fourth-order valence-electron chi connectivity index (χ4n) is 4.84. The normalized spacial score (nSPS) is 19.3. The summed E-state index contributed by atoms with van der Waals surface area (Å²) in [4.78, 5) is 34.3. The summed E-state index contributed by atoms with van der Waals surface area (Å²) >= 11 is 0. The number of aromatic nitrogens is 4. The molecule has 1 aromatic carbocycles. The number of alkyl halides is 3. The van der Waals surface area contributed by atoms with Gasteiger partial charge in [-0.05, 0) is 63.5 Å². The lowest BCUT2D eigenvalue weighted by molar-refractivity contribution is -0.250. The number of fused-ring (bicyclic) bond motifs is 1. The van der Waals surface area contributed by atoms with E-state index in [9.17, 15) is 27.9 Å². The van der Waals surface area contributed by atoms with Gasteiger partial charge >= 0.3 is 6.18 Å². The van der Waals surface area contributed by atoms with E-state index in [2.05, 4.69) is 15.1 Å². The van der Waals surface area contributed by atoms with E-state index in [1.165, 1.54) is 4.68 Å². The van der Waals surface area contributed by atoms with Gasteiger partial charge in [0.25, 0.3) is 11.5 Å². The van der Waals surface area contributed by atoms with Crippen LogP contribution in [0.5, 0.6) is 0 Å². The molecular formula is C24H28F3N5O3. The highest BCUT2D eigenvalue weighted by Crippen LogP contribution is 2.41. The first-order chi connectivity index (χ1) is 16.6. The molecule has 1 saturated heterocycles. The molecule has 1 amide bonds. The zero-order valence-corrected chi connectivity index (χ0v) is 19.4. The van der Waals surface area contributed by atoms with E-state index < -0.39 is 17.7 Å². The number of aromatic amines is 2. The van der Waals surface area contributed by atoms with Crippen LogP contribution >= 0.6 is 0 Å². The minimum atomic E-state index is -5.02. The zero-order chi connectivity index (χ0) is 25.0. The van der Waals surface area contributed by atoms with Crippen molar-refractivity contribution in [3.8, 4) is 5.95 Å². The number of amides is 1. The van der Waals surface area contributed by atoms with Crippen LogP contribution in [0.4, 0.5) is 13.2 Å². The zero-order valence-electron chi connectivity index (χ0n) is 19.4. The highest BCUT2D eigenvalue weighted by molar-refractivity contribution is 5.85. The molecule has 0 radical (unpaired) electrons. The Bertz CT molecular complexity index is 1260. The van der Waals surface area contributed by atoms with E-state index in [1.807, 2.05) is 24.3 Å². The number of imidazole rings is 1. The smallest absolute Gasteiger partial charge is 0.373 e. The maximum absolute atomic E-state index is 13.3. The van der Waals surface area contributed by atoms with Crippen LogP contribution in [0.25, 0.3) is 17.0 Å². The number of halogens is 3. The molecule has 35 heavy (non-hydrogen) atoms. The number of nitrogens with one attached hydrogen (secondary N) is 2. The van der Waals surface area contributed by atoms with Crippen LogP contribution in [0.15, 0.2) is 29.1 Å². The van der Waals surface area contributed by atoms with Crippen LogP contribution in [0.2, 0.25) is 0 Å². The summed E-state index contributed by atoms with van der Waals surface area (Å²) in [5.74, 6) is -0.366. The monoisotopic (exact) mass is 491 g/mol. The number of para-hydroxylation sites is 2. The number of carbonyl (C=O) groups is 1. The Balaban J connectivity index is 1.27. The molecule has 1 atom stereocenters. The maximum atomic E-state index is 13.3. The predicted octanol–water partition coefficient (Wildman–Crippen LogP) is 3.40. The lowest BCUT2D eigenvalue weighted by Gasteiger charge is -2.36. The van der Waals surface area contributed by atoms with Crippen molar-refractivity contribution in [2.24, 2.45) is 5.92 Å². The molecule has 3 heterocycles. The predicted molar refractivity (Wildman–Crippen MR) is 122 cm³/mol. The average molecular weight is 492 g/mol. The van der Waals surface area contributed by atoms with Crippen molar-refractivity contribution in [3.63, 3.8) is 0 Å². The largest absolute Gasteiger partial charge is 0.426 e. The van der Waals surface area contributed by atoms with Crippen LogP contribution in [-0.4, -0.2) is 60.5 Å². The van der Waals surface area contributed by atoms with Crippen molar-refractivity contribution in [1.29, 1.82) is 0 Å². The van der Waals surface area contributed by atoms with Crippen molar-refractivity contribution >= 4 is 16.9 Å². The van der Waals surface area contributed by atoms with Crippen LogP contribution < -0.4 is 5.56 Å². The third-order valence-electron chi connectivity index (χ3n) is 7.27. The Hall–Kier alpha value is -3.08. The van der Waals surface area contributed by atoms with Crippen LogP contribution in [0.1, 0.15) is 56.2 Å². The molecule has 1 aliphatic heterocycles. The second-order valence-corrected chi connectivity index (χ2v) is 9.84. The Kier molecular flexibility index (Phi) is 5.77. The summed E-state index contributed by atoms with van der Waals surface area (Å²) in [5, 5.41) is 12.9. The van der Waals surface area contributed by atoms with Crippen LogP contribution in [0, 0.1) is 5.92 Å². The fraction of sp³-hybridized carbons (Fsp3) is 0.542. The van der Waals surface area contributed by atoms with Gasteiger partial charge in [0.2, 0.25) is 11.5 Å². The van der Waals surface area contributed by atoms with E-state index in [0.717, 1.165) is 40.0 Å². The van der Waals surface area contributed by atoms with Crippen molar-refractivity contribution in [2.75, 3.05) is 13.1 Å². The molecule has 5 rings (SSSR count). The van der Waals surface area contributed by atoms with Crippen LogP contribution in [0.3, 0.4) is 0 Å². The van der Waals surface area contributed by atoms with Gasteiger partial charge in [0, 0.05) is 30.3 Å². The Morgan fingerprint density at radius 3 is 2.49 bits per heavy atom. The number of hydrogen-bond acceptors (Lipinski definition) is 4. The number of aliphatic hydroxyl groups is 1. The molecule has 3 N–H and O–H groups in total. The summed E-state index contributed by atoms with van der Waals surface area (Å²) in [7, 11) is 0. The van der Waals surface area contributed by atoms with Gasteiger partial charge in [-0.3, -0.25) is 14.7 Å². The van der Waals surface area contributed by atoms with Gasteiger partial charge in [-0.25, -0.2) is 4.98 Å². The average Bonchev–Trinajstić information content (AvgIpc) is 3.49. The standard InChI is InChI=1S/C24H28F3N5O3/c1-23(35,24(25,26)27)21(34)31-12-10-14(11-13-31)6-9-16-19(15-7-8-15)30-32(20(16)33)22-28-17-4-2-3-5-18(17)29-22/h2-5,14-15,30,35H,6-13H2,1H3,(H,28,29). The minimum absolute atomic E-state index is 0.139. The SMILES string of the molecule is CC(O)(C(=O)N1CCC(CCc2c(C3CC3)[nH]n(-c3nc4ccccc4[nH]3)c2=O)CC1)C(F)(F)F. The summed E-state index contributed by atoms with van der Waals surface area (Å²) in [5.41, 5.74) is -0.254. The van der Waals surface area contributed by atoms with E-state index in [4.69, 9.17) is 0 Å². The number of H-pyrrole nitrogens is 2. The molecule has 2 fully saturated rings. The van der Waals surface area contributed by atoms with E-state index in [1.54, 1.807) is 0 Å². The lowest BCUT2D eigenvalue weighted by atomic mass is 9.89. The Morgan fingerprint density at radius 1 is 1.17 bits per heavy atom. The number of nitrogens with zero attached hydrogens (tertiary/aromatic N) is 3. The molecular weight excluding hydrogens is 463 g/mol. The van der Waals surface area contributed by atoms with Gasteiger partial charge in [0.05, 0.1) is 11.0 Å². The van der Waals surface area contributed by atoms with E-state index >= 15 is 0 Å². The molecule has 1 unspecified atom stereocenters. The highest BCUT2D eigenvalue weighted by Gasteiger charge is 2.57. The van der Waals surface area contributed by atoms with Crippen LogP contribution in [-0.2, 0) is 11.2 Å². The van der Waals surface area contributed by atoms with Crippen molar-refractivity contribution < 1.29 is 23.1 Å². The number of hydrogen-bond donors (Lipinski definition) is 3. The molecule has 11 heteroatoms.